The van der Waals surface area contributed by atoms with Crippen LogP contribution in [0.1, 0.15) is 52.9 Å². The molecule has 0 aromatic rings. The van der Waals surface area contributed by atoms with Gasteiger partial charge in [-0.05, 0) is 36.5 Å². The number of hydrogen-bond donors (Lipinski definition) is 1. The van der Waals surface area contributed by atoms with Crippen molar-refractivity contribution < 1.29 is 0 Å². The molecule has 1 nitrogen and oxygen atoms in total. The molecular weight excluding hydrogens is 170 g/mol. The summed E-state index contributed by atoms with van der Waals surface area (Å²) in [5.41, 5.74) is 0.624. The average Bonchev–Trinajstić information content (AvgIpc) is 2.59. The fraction of sp³-hybridized carbons (Fsp3) is 1.00. The van der Waals surface area contributed by atoms with Gasteiger partial charge >= 0.3 is 0 Å². The number of rotatable bonds is 3. The zero-order chi connectivity index (χ0) is 10.2. The summed E-state index contributed by atoms with van der Waals surface area (Å²) in [5, 5.41) is 3.78. The molecular formula is C13H25N. The Labute approximate surface area is 88.7 Å². The van der Waals surface area contributed by atoms with Crippen molar-refractivity contribution in [3.63, 3.8) is 0 Å². The molecule has 0 spiro atoms. The summed E-state index contributed by atoms with van der Waals surface area (Å²) in [7, 11) is 0. The van der Waals surface area contributed by atoms with Crippen molar-refractivity contribution >= 4 is 0 Å². The van der Waals surface area contributed by atoms with E-state index < -0.39 is 0 Å². The predicted molar refractivity (Wildman–Crippen MR) is 61.3 cm³/mol. The van der Waals surface area contributed by atoms with Crippen molar-refractivity contribution in [1.82, 2.24) is 5.32 Å². The lowest BCUT2D eigenvalue weighted by atomic mass is 9.71. The molecule has 1 N–H and O–H groups in total. The molecule has 0 aromatic heterocycles. The zero-order valence-electron chi connectivity index (χ0n) is 9.97. The molecule has 2 saturated carbocycles. The third-order valence-electron chi connectivity index (χ3n) is 4.76. The van der Waals surface area contributed by atoms with Crippen LogP contribution in [0.2, 0.25) is 0 Å². The van der Waals surface area contributed by atoms with E-state index in [4.69, 9.17) is 0 Å². The Morgan fingerprint density at radius 2 is 1.86 bits per heavy atom. The maximum Gasteiger partial charge on any atom is 0.00981 e. The second-order valence-electron chi connectivity index (χ2n) is 6.08. The molecule has 0 radical (unpaired) electrons. The van der Waals surface area contributed by atoms with Crippen molar-refractivity contribution in [1.29, 1.82) is 0 Å². The zero-order valence-corrected chi connectivity index (χ0v) is 9.97. The van der Waals surface area contributed by atoms with E-state index in [9.17, 15) is 0 Å². The summed E-state index contributed by atoms with van der Waals surface area (Å²) < 4.78 is 0. The van der Waals surface area contributed by atoms with Gasteiger partial charge in [0, 0.05) is 12.6 Å². The molecule has 0 aromatic carbocycles. The first-order valence-electron chi connectivity index (χ1n) is 6.34. The lowest BCUT2D eigenvalue weighted by Gasteiger charge is -2.43. The molecule has 0 bridgehead atoms. The summed E-state index contributed by atoms with van der Waals surface area (Å²) in [6.07, 6.45) is 7.19. The summed E-state index contributed by atoms with van der Waals surface area (Å²) >= 11 is 0. The molecule has 82 valence electrons. The largest absolute Gasteiger partial charge is 0.313 e. The Hall–Kier alpha value is -0.0400. The Bertz CT molecular complexity index is 193. The van der Waals surface area contributed by atoms with Crippen LogP contribution < -0.4 is 5.32 Å². The molecule has 2 fully saturated rings. The predicted octanol–water partition coefficient (Wildman–Crippen LogP) is 3.20. The smallest absolute Gasteiger partial charge is 0.00981 e. The molecule has 0 aliphatic heterocycles. The van der Waals surface area contributed by atoms with Gasteiger partial charge in [0.2, 0.25) is 0 Å². The fourth-order valence-electron chi connectivity index (χ4n) is 3.08. The lowest BCUT2D eigenvalue weighted by molar-refractivity contribution is 0.122. The lowest BCUT2D eigenvalue weighted by Crippen LogP contribution is -2.50. The Balaban J connectivity index is 1.72. The molecule has 3 unspecified atom stereocenters. The first kappa shape index (κ1) is 10.5. The Kier molecular flexibility index (Phi) is 2.88. The highest BCUT2D eigenvalue weighted by Gasteiger charge is 2.36. The van der Waals surface area contributed by atoms with Crippen molar-refractivity contribution in [3.8, 4) is 0 Å². The van der Waals surface area contributed by atoms with Crippen LogP contribution >= 0.6 is 0 Å². The van der Waals surface area contributed by atoms with E-state index in [0.29, 0.717) is 5.41 Å². The maximum absolute atomic E-state index is 3.78. The number of hydrogen-bond acceptors (Lipinski definition) is 1. The van der Waals surface area contributed by atoms with Crippen molar-refractivity contribution in [2.24, 2.45) is 17.3 Å². The van der Waals surface area contributed by atoms with Crippen LogP contribution in [0.15, 0.2) is 0 Å². The summed E-state index contributed by atoms with van der Waals surface area (Å²) in [6.45, 7) is 8.48. The summed E-state index contributed by atoms with van der Waals surface area (Å²) in [4.78, 5) is 0. The van der Waals surface area contributed by atoms with E-state index in [0.717, 1.165) is 17.9 Å². The van der Waals surface area contributed by atoms with Gasteiger partial charge in [-0.15, -0.1) is 0 Å². The third-order valence-corrected chi connectivity index (χ3v) is 4.76. The van der Waals surface area contributed by atoms with Gasteiger partial charge in [0.1, 0.15) is 0 Å². The molecule has 1 heteroatoms. The van der Waals surface area contributed by atoms with Crippen LogP contribution in [0.5, 0.6) is 0 Å². The van der Waals surface area contributed by atoms with Gasteiger partial charge < -0.3 is 5.32 Å². The second kappa shape index (κ2) is 3.84. The van der Waals surface area contributed by atoms with Gasteiger partial charge in [-0.2, -0.15) is 0 Å². The van der Waals surface area contributed by atoms with E-state index in [1.54, 1.807) is 0 Å². The fourth-order valence-corrected chi connectivity index (χ4v) is 3.08. The highest BCUT2D eigenvalue weighted by Crippen LogP contribution is 2.39. The van der Waals surface area contributed by atoms with E-state index in [1.165, 1.54) is 38.6 Å². The van der Waals surface area contributed by atoms with Gasteiger partial charge in [-0.3, -0.25) is 0 Å². The van der Waals surface area contributed by atoms with E-state index in [1.807, 2.05) is 0 Å². The van der Waals surface area contributed by atoms with Gasteiger partial charge in [0.25, 0.3) is 0 Å². The quantitative estimate of drug-likeness (QED) is 0.729. The van der Waals surface area contributed by atoms with Crippen LogP contribution in [0.4, 0.5) is 0 Å². The summed E-state index contributed by atoms with van der Waals surface area (Å²) in [6, 6.07) is 0.822. The monoisotopic (exact) mass is 195 g/mol. The molecule has 0 amide bonds. The van der Waals surface area contributed by atoms with Crippen LogP contribution in [0, 0.1) is 17.3 Å². The van der Waals surface area contributed by atoms with Crippen molar-refractivity contribution in [3.05, 3.63) is 0 Å². The molecule has 2 rings (SSSR count). The van der Waals surface area contributed by atoms with Crippen LogP contribution in [-0.4, -0.2) is 12.6 Å². The topological polar surface area (TPSA) is 12.0 Å². The molecule has 2 aliphatic carbocycles. The van der Waals surface area contributed by atoms with E-state index >= 15 is 0 Å². The summed E-state index contributed by atoms with van der Waals surface area (Å²) in [5.74, 6) is 1.85. The van der Waals surface area contributed by atoms with Crippen LogP contribution in [-0.2, 0) is 0 Å². The number of nitrogens with one attached hydrogen (secondary N) is 1. The first-order valence-corrected chi connectivity index (χ1v) is 6.34. The van der Waals surface area contributed by atoms with Gasteiger partial charge in [-0.1, -0.05) is 33.6 Å². The highest BCUT2D eigenvalue weighted by atomic mass is 15.0. The molecule has 0 heterocycles. The van der Waals surface area contributed by atoms with Crippen molar-refractivity contribution in [2.45, 2.75) is 58.9 Å². The minimum absolute atomic E-state index is 0.624. The normalized spacial score (nSPS) is 40.9. The van der Waals surface area contributed by atoms with E-state index in [-0.39, 0.29) is 0 Å². The van der Waals surface area contributed by atoms with Gasteiger partial charge in [-0.25, -0.2) is 0 Å². The van der Waals surface area contributed by atoms with Crippen LogP contribution in [0.25, 0.3) is 0 Å². The van der Waals surface area contributed by atoms with E-state index in [2.05, 4.69) is 26.1 Å². The van der Waals surface area contributed by atoms with Crippen molar-refractivity contribution in [2.75, 3.05) is 6.54 Å². The molecule has 0 saturated heterocycles. The minimum Gasteiger partial charge on any atom is -0.313 e. The molecule has 3 atom stereocenters. The Morgan fingerprint density at radius 3 is 2.36 bits per heavy atom. The minimum atomic E-state index is 0.624. The van der Waals surface area contributed by atoms with Gasteiger partial charge in [0.05, 0.1) is 0 Å². The van der Waals surface area contributed by atoms with Crippen LogP contribution in [0.3, 0.4) is 0 Å². The molecule has 2 aliphatic rings. The standard InChI is InChI=1S/C13H25N/c1-10-8-12(11(10)2)14-9-13(3)6-4-5-7-13/h10-12,14H,4-9H2,1-3H3. The molecule has 14 heavy (non-hydrogen) atoms. The average molecular weight is 195 g/mol. The van der Waals surface area contributed by atoms with Gasteiger partial charge in [0.15, 0.2) is 0 Å². The third kappa shape index (κ3) is 1.98. The Morgan fingerprint density at radius 1 is 1.21 bits per heavy atom. The second-order valence-corrected chi connectivity index (χ2v) is 6.08. The maximum atomic E-state index is 3.78. The first-order chi connectivity index (χ1) is 6.61. The SMILES string of the molecule is CC1CC(NCC2(C)CCCC2)C1C. The highest BCUT2D eigenvalue weighted by molar-refractivity contribution is 4.92.